The maximum Gasteiger partial charge on any atom is 0.358 e. The molecule has 146 valence electrons. The normalized spacial score (nSPS) is 15.2. The van der Waals surface area contributed by atoms with Crippen molar-refractivity contribution in [1.29, 1.82) is 0 Å². The second-order valence-corrected chi connectivity index (χ2v) is 5.87. The van der Waals surface area contributed by atoms with E-state index in [9.17, 15) is 4.79 Å². The zero-order valence-corrected chi connectivity index (χ0v) is 15.0. The van der Waals surface area contributed by atoms with Gasteiger partial charge in [0.15, 0.2) is 5.70 Å². The highest BCUT2D eigenvalue weighted by Crippen LogP contribution is 2.21. The highest BCUT2D eigenvalue weighted by atomic mass is 16.5. The third kappa shape index (κ3) is 8.59. The number of hydrogen-bond donors (Lipinski definition) is 5. The molecule has 8 nitrogen and oxygen atoms in total. The van der Waals surface area contributed by atoms with E-state index in [0.717, 1.165) is 37.9 Å². The summed E-state index contributed by atoms with van der Waals surface area (Å²) in [5, 5.41) is 8.71. The number of rotatable bonds is 8. The molecule has 2 rings (SSSR count). The molecular weight excluding hydrogens is 336 g/mol. The fourth-order valence-electron chi connectivity index (χ4n) is 2.45. The van der Waals surface area contributed by atoms with Gasteiger partial charge in [-0.1, -0.05) is 24.6 Å². The van der Waals surface area contributed by atoms with Crippen LogP contribution in [0, 0.1) is 0 Å². The molecule has 0 atom stereocenters. The fourth-order valence-corrected chi connectivity index (χ4v) is 2.45. The molecule has 0 spiro atoms. The van der Waals surface area contributed by atoms with Gasteiger partial charge in [-0.2, -0.15) is 0 Å². The van der Waals surface area contributed by atoms with Crippen LogP contribution in [-0.4, -0.2) is 30.3 Å². The van der Waals surface area contributed by atoms with Gasteiger partial charge in [-0.3, -0.25) is 5.84 Å². The molecule has 0 radical (unpaired) electrons. The summed E-state index contributed by atoms with van der Waals surface area (Å²) in [6.45, 7) is 1.40. The maximum atomic E-state index is 10.7. The van der Waals surface area contributed by atoms with Crippen LogP contribution in [0.4, 0.5) is 0 Å². The Bertz CT molecular complexity index is 545. The Morgan fingerprint density at radius 3 is 2.38 bits per heavy atom. The van der Waals surface area contributed by atoms with E-state index >= 15 is 0 Å². The number of nitrogens with two attached hydrogens (primary N) is 3. The smallest absolute Gasteiger partial charge is 0.358 e. The molecular formula is C18H30N4O4. The molecule has 1 aromatic carbocycles. The van der Waals surface area contributed by atoms with E-state index in [1.54, 1.807) is 0 Å². The summed E-state index contributed by atoms with van der Waals surface area (Å²) in [7, 11) is 0. The number of aliphatic carboxylic acids is 1. The zero-order chi connectivity index (χ0) is 19.2. The molecule has 0 unspecified atom stereocenters. The van der Waals surface area contributed by atoms with Crippen LogP contribution >= 0.6 is 0 Å². The van der Waals surface area contributed by atoms with Crippen molar-refractivity contribution < 1.29 is 19.4 Å². The lowest BCUT2D eigenvalue weighted by Gasteiger charge is -2.23. The third-order valence-electron chi connectivity index (χ3n) is 3.81. The topological polar surface area (TPSA) is 146 Å². The van der Waals surface area contributed by atoms with Crippen LogP contribution in [0.3, 0.4) is 0 Å². The maximum absolute atomic E-state index is 10.7. The lowest BCUT2D eigenvalue weighted by atomic mass is 9.98. The number of carboxylic acid groups (broad SMARTS) is 1. The standard InChI is InChI=1S/C9H17N3O3.C9H13NO/c10-8(7(12-11)9(13)14)15-6-4-2-1-3-5-6;10-7-4-8-11-9-5-2-1-3-6-9/h6,12H,1-5,10-11H2,(H,13,14);1-3,5-6H,4,7-8,10H2/b8-7+;. The predicted molar refractivity (Wildman–Crippen MR) is 99.7 cm³/mol. The van der Waals surface area contributed by atoms with Gasteiger partial charge in [0.05, 0.1) is 6.61 Å². The number of para-hydroxylation sites is 1. The van der Waals surface area contributed by atoms with Crippen molar-refractivity contribution in [3.63, 3.8) is 0 Å². The van der Waals surface area contributed by atoms with Crippen LogP contribution in [-0.2, 0) is 9.53 Å². The summed E-state index contributed by atoms with van der Waals surface area (Å²) in [5.41, 5.74) is 12.5. The van der Waals surface area contributed by atoms with Gasteiger partial charge in [0, 0.05) is 0 Å². The predicted octanol–water partition coefficient (Wildman–Crippen LogP) is 1.43. The second-order valence-electron chi connectivity index (χ2n) is 5.87. The minimum Gasteiger partial charge on any atom is -0.494 e. The van der Waals surface area contributed by atoms with Gasteiger partial charge in [0.2, 0.25) is 5.88 Å². The van der Waals surface area contributed by atoms with Gasteiger partial charge in [-0.15, -0.1) is 0 Å². The van der Waals surface area contributed by atoms with Crippen LogP contribution in [0.1, 0.15) is 38.5 Å². The molecule has 0 amide bonds. The van der Waals surface area contributed by atoms with Crippen molar-refractivity contribution >= 4 is 5.97 Å². The Morgan fingerprint density at radius 1 is 1.19 bits per heavy atom. The van der Waals surface area contributed by atoms with E-state index in [1.807, 2.05) is 35.8 Å². The highest BCUT2D eigenvalue weighted by Gasteiger charge is 2.19. The molecule has 0 bridgehead atoms. The Labute approximate surface area is 154 Å². The molecule has 1 aromatic rings. The van der Waals surface area contributed by atoms with Crippen molar-refractivity contribution in [3.8, 4) is 5.75 Å². The Balaban J connectivity index is 0.000000273. The van der Waals surface area contributed by atoms with Crippen LogP contribution in [0.5, 0.6) is 5.75 Å². The first-order valence-electron chi connectivity index (χ1n) is 8.82. The SMILES string of the molecule is NCCCOc1ccccc1.NN/C(C(=O)O)=C(\N)OC1CCCCC1. The van der Waals surface area contributed by atoms with Crippen LogP contribution < -0.4 is 27.5 Å². The second kappa shape index (κ2) is 12.8. The Kier molecular flexibility index (Phi) is 10.7. The van der Waals surface area contributed by atoms with E-state index in [0.29, 0.717) is 13.2 Å². The van der Waals surface area contributed by atoms with E-state index in [1.165, 1.54) is 6.42 Å². The summed E-state index contributed by atoms with van der Waals surface area (Å²) in [4.78, 5) is 10.7. The van der Waals surface area contributed by atoms with Crippen LogP contribution in [0.15, 0.2) is 41.9 Å². The molecule has 1 fully saturated rings. The van der Waals surface area contributed by atoms with Crippen LogP contribution in [0.25, 0.3) is 0 Å². The van der Waals surface area contributed by atoms with Gasteiger partial charge in [-0.25, -0.2) is 4.79 Å². The van der Waals surface area contributed by atoms with Crippen molar-refractivity contribution in [2.24, 2.45) is 17.3 Å². The number of nitrogens with one attached hydrogen (secondary N) is 1. The highest BCUT2D eigenvalue weighted by molar-refractivity contribution is 5.86. The summed E-state index contributed by atoms with van der Waals surface area (Å²) in [5.74, 6) is 4.59. The van der Waals surface area contributed by atoms with Crippen molar-refractivity contribution in [1.82, 2.24) is 5.43 Å². The van der Waals surface area contributed by atoms with Gasteiger partial charge in [0.1, 0.15) is 11.9 Å². The van der Waals surface area contributed by atoms with Gasteiger partial charge >= 0.3 is 5.97 Å². The molecule has 8 heteroatoms. The minimum absolute atomic E-state index is 0.0152. The number of hydrogen-bond acceptors (Lipinski definition) is 7. The molecule has 1 aliphatic carbocycles. The fraction of sp³-hybridized carbons (Fsp3) is 0.500. The number of hydrazine groups is 1. The molecule has 1 aliphatic rings. The number of carbonyl (C=O) groups is 1. The monoisotopic (exact) mass is 366 g/mol. The van der Waals surface area contributed by atoms with Gasteiger partial charge < -0.3 is 31.5 Å². The van der Waals surface area contributed by atoms with E-state index in [-0.39, 0.29) is 17.7 Å². The molecule has 0 aliphatic heterocycles. The average Bonchev–Trinajstić information content (AvgIpc) is 2.64. The van der Waals surface area contributed by atoms with E-state index < -0.39 is 5.97 Å². The lowest BCUT2D eigenvalue weighted by molar-refractivity contribution is -0.133. The third-order valence-corrected chi connectivity index (χ3v) is 3.81. The average molecular weight is 366 g/mol. The first-order valence-corrected chi connectivity index (χ1v) is 8.82. The van der Waals surface area contributed by atoms with Gasteiger partial charge in [0.25, 0.3) is 0 Å². The number of ether oxygens (including phenoxy) is 2. The molecule has 26 heavy (non-hydrogen) atoms. The van der Waals surface area contributed by atoms with Gasteiger partial charge in [-0.05, 0) is 50.8 Å². The summed E-state index contributed by atoms with van der Waals surface area (Å²) in [6.07, 6.45) is 6.14. The molecule has 0 aromatic heterocycles. The number of benzene rings is 1. The van der Waals surface area contributed by atoms with E-state index in [2.05, 4.69) is 0 Å². The largest absolute Gasteiger partial charge is 0.494 e. The Morgan fingerprint density at radius 2 is 1.85 bits per heavy atom. The van der Waals surface area contributed by atoms with Crippen molar-refractivity contribution in [2.75, 3.05) is 13.2 Å². The molecule has 0 heterocycles. The molecule has 1 saturated carbocycles. The minimum atomic E-state index is -1.22. The number of carboxylic acids is 1. The van der Waals surface area contributed by atoms with Crippen molar-refractivity contribution in [3.05, 3.63) is 41.9 Å². The zero-order valence-electron chi connectivity index (χ0n) is 15.0. The molecule has 0 saturated heterocycles. The summed E-state index contributed by atoms with van der Waals surface area (Å²) in [6, 6.07) is 9.76. The first kappa shape index (κ1) is 21.6. The lowest BCUT2D eigenvalue weighted by Crippen LogP contribution is -2.32. The first-order chi connectivity index (χ1) is 12.6. The van der Waals surface area contributed by atoms with E-state index in [4.69, 9.17) is 31.9 Å². The van der Waals surface area contributed by atoms with Crippen LogP contribution in [0.2, 0.25) is 0 Å². The summed E-state index contributed by atoms with van der Waals surface area (Å²) < 4.78 is 10.7. The van der Waals surface area contributed by atoms with Crippen molar-refractivity contribution in [2.45, 2.75) is 44.6 Å². The summed E-state index contributed by atoms with van der Waals surface area (Å²) >= 11 is 0. The Hall–Kier alpha value is -2.45. The molecule has 8 N–H and O–H groups in total. The quantitative estimate of drug-likeness (QED) is 0.153.